The molecule has 0 saturated heterocycles. The summed E-state index contributed by atoms with van der Waals surface area (Å²) in [7, 11) is 1.46. The molecule has 0 fully saturated rings. The number of hydrogen-bond donors (Lipinski definition) is 3. The largest absolute Gasteiger partial charge is 0.409 e. The molecule has 92 valence electrons. The molecule has 0 atom stereocenters. The highest BCUT2D eigenvalue weighted by Gasteiger charge is 2.10. The van der Waals surface area contributed by atoms with Crippen LogP contribution in [0, 0.1) is 5.82 Å². The number of oxime groups is 1. The number of carbonyl (C=O) groups excluding carboxylic acids is 1. The summed E-state index contributed by atoms with van der Waals surface area (Å²) in [5.74, 6) is -0.538. The summed E-state index contributed by atoms with van der Waals surface area (Å²) < 4.78 is 12.8. The average Bonchev–Trinajstić information content (AvgIpc) is 2.28. The second-order valence-electron chi connectivity index (χ2n) is 3.39. The molecule has 6 nitrogen and oxygen atoms in total. The normalized spacial score (nSPS) is 11.1. The maximum absolute atomic E-state index is 12.8. The first-order valence-electron chi connectivity index (χ1n) is 4.77. The van der Waals surface area contributed by atoms with Crippen LogP contribution in [0.1, 0.15) is 0 Å². The Hall–Kier alpha value is -2.31. The van der Waals surface area contributed by atoms with E-state index in [2.05, 4.69) is 10.5 Å². The molecule has 0 heterocycles. The molecule has 0 radical (unpaired) electrons. The van der Waals surface area contributed by atoms with Crippen LogP contribution in [0.5, 0.6) is 0 Å². The Labute approximate surface area is 97.5 Å². The zero-order valence-corrected chi connectivity index (χ0v) is 9.22. The van der Waals surface area contributed by atoms with Crippen LogP contribution in [0.15, 0.2) is 29.4 Å². The lowest BCUT2D eigenvalue weighted by Gasteiger charge is -2.16. The van der Waals surface area contributed by atoms with Crippen LogP contribution in [-0.2, 0) is 0 Å². The van der Waals surface area contributed by atoms with Crippen LogP contribution >= 0.6 is 0 Å². The van der Waals surface area contributed by atoms with E-state index >= 15 is 0 Å². The number of benzene rings is 1. The zero-order chi connectivity index (χ0) is 12.8. The third-order valence-electron chi connectivity index (χ3n) is 1.95. The summed E-state index contributed by atoms with van der Waals surface area (Å²) in [5, 5.41) is 13.6. The van der Waals surface area contributed by atoms with E-state index in [9.17, 15) is 9.18 Å². The van der Waals surface area contributed by atoms with Gasteiger partial charge in [-0.05, 0) is 18.2 Å². The number of nitrogens with two attached hydrogens (primary N) is 1. The average molecular weight is 240 g/mol. The quantitative estimate of drug-likeness (QED) is 0.319. The minimum Gasteiger partial charge on any atom is -0.409 e. The number of nitrogens with one attached hydrogen (secondary N) is 1. The van der Waals surface area contributed by atoms with Gasteiger partial charge in [0.2, 0.25) is 0 Å². The van der Waals surface area contributed by atoms with Gasteiger partial charge in [-0.2, -0.15) is 0 Å². The highest BCUT2D eigenvalue weighted by atomic mass is 19.1. The van der Waals surface area contributed by atoms with Gasteiger partial charge in [-0.25, -0.2) is 9.18 Å². The summed E-state index contributed by atoms with van der Waals surface area (Å²) in [4.78, 5) is 12.8. The molecule has 1 aromatic carbocycles. The predicted molar refractivity (Wildman–Crippen MR) is 61.5 cm³/mol. The van der Waals surface area contributed by atoms with Crippen molar-refractivity contribution in [1.29, 1.82) is 0 Å². The molecule has 2 amide bonds. The van der Waals surface area contributed by atoms with Gasteiger partial charge in [-0.1, -0.05) is 11.2 Å². The third kappa shape index (κ3) is 3.98. The number of amides is 2. The van der Waals surface area contributed by atoms with Crippen molar-refractivity contribution >= 4 is 17.6 Å². The molecule has 4 N–H and O–H groups in total. The molecule has 0 unspecified atom stereocenters. The van der Waals surface area contributed by atoms with E-state index in [-0.39, 0.29) is 12.4 Å². The van der Waals surface area contributed by atoms with Crippen LogP contribution < -0.4 is 11.1 Å². The van der Waals surface area contributed by atoms with Gasteiger partial charge in [0.1, 0.15) is 5.82 Å². The number of rotatable bonds is 3. The Morgan fingerprint density at radius 1 is 1.65 bits per heavy atom. The van der Waals surface area contributed by atoms with Crippen LogP contribution in [-0.4, -0.2) is 35.6 Å². The first kappa shape index (κ1) is 12.8. The first-order valence-corrected chi connectivity index (χ1v) is 4.77. The lowest BCUT2D eigenvalue weighted by atomic mass is 10.3. The van der Waals surface area contributed by atoms with Gasteiger partial charge in [0.15, 0.2) is 5.84 Å². The lowest BCUT2D eigenvalue weighted by Crippen LogP contribution is -2.38. The Morgan fingerprint density at radius 2 is 2.35 bits per heavy atom. The number of nitrogens with zero attached hydrogens (tertiary/aromatic N) is 2. The van der Waals surface area contributed by atoms with Crippen molar-refractivity contribution in [3.05, 3.63) is 30.1 Å². The first-order chi connectivity index (χ1) is 8.02. The Morgan fingerprint density at radius 3 is 2.94 bits per heavy atom. The summed E-state index contributed by atoms with van der Waals surface area (Å²) in [6, 6.07) is 5.01. The van der Waals surface area contributed by atoms with E-state index in [1.807, 2.05) is 0 Å². The summed E-state index contributed by atoms with van der Waals surface area (Å²) in [5.41, 5.74) is 5.58. The number of likely N-dealkylation sites (N-methyl/N-ethyl adjacent to an activating group) is 1. The molecule has 0 aliphatic heterocycles. The van der Waals surface area contributed by atoms with E-state index in [1.54, 1.807) is 6.07 Å². The SMILES string of the molecule is CN(CC(N)=NO)C(=O)Nc1cccc(F)c1. The van der Waals surface area contributed by atoms with Crippen molar-refractivity contribution < 1.29 is 14.4 Å². The smallest absolute Gasteiger partial charge is 0.321 e. The van der Waals surface area contributed by atoms with Crippen LogP contribution in [0.4, 0.5) is 14.9 Å². The predicted octanol–water partition coefficient (Wildman–Crippen LogP) is 1.04. The second-order valence-corrected chi connectivity index (χ2v) is 3.39. The number of anilines is 1. The summed E-state index contributed by atoms with van der Waals surface area (Å²) in [6.45, 7) is -0.0301. The van der Waals surface area contributed by atoms with E-state index in [4.69, 9.17) is 10.9 Å². The van der Waals surface area contributed by atoms with E-state index in [0.29, 0.717) is 5.69 Å². The van der Waals surface area contributed by atoms with E-state index < -0.39 is 11.8 Å². The molecule has 1 rings (SSSR count). The minimum atomic E-state index is -0.484. The van der Waals surface area contributed by atoms with Gasteiger partial charge in [0.05, 0.1) is 6.54 Å². The number of amidine groups is 1. The highest BCUT2D eigenvalue weighted by Crippen LogP contribution is 2.09. The fourth-order valence-electron chi connectivity index (χ4n) is 1.13. The van der Waals surface area contributed by atoms with Gasteiger partial charge in [-0.15, -0.1) is 0 Å². The fourth-order valence-corrected chi connectivity index (χ4v) is 1.13. The van der Waals surface area contributed by atoms with Crippen molar-refractivity contribution in [3.8, 4) is 0 Å². The molecule has 0 spiro atoms. The molecule has 17 heavy (non-hydrogen) atoms. The van der Waals surface area contributed by atoms with E-state index in [1.165, 1.54) is 30.1 Å². The van der Waals surface area contributed by atoms with Crippen LogP contribution in [0.2, 0.25) is 0 Å². The van der Waals surface area contributed by atoms with Crippen molar-refractivity contribution in [2.24, 2.45) is 10.9 Å². The van der Waals surface area contributed by atoms with Gasteiger partial charge < -0.3 is 21.2 Å². The Kier molecular flexibility index (Phi) is 4.27. The van der Waals surface area contributed by atoms with Gasteiger partial charge in [-0.3, -0.25) is 0 Å². The van der Waals surface area contributed by atoms with Gasteiger partial charge in [0.25, 0.3) is 0 Å². The lowest BCUT2D eigenvalue weighted by molar-refractivity contribution is 0.227. The molecule has 0 aromatic heterocycles. The second kappa shape index (κ2) is 5.69. The Bertz CT molecular complexity index is 436. The highest BCUT2D eigenvalue weighted by molar-refractivity contribution is 5.92. The number of urea groups is 1. The molecule has 7 heteroatoms. The molecular weight excluding hydrogens is 227 g/mol. The summed E-state index contributed by atoms with van der Waals surface area (Å²) in [6.07, 6.45) is 0. The van der Waals surface area contributed by atoms with Crippen molar-refractivity contribution in [3.63, 3.8) is 0 Å². The minimum absolute atomic E-state index is 0.0301. The molecule has 0 bridgehead atoms. The van der Waals surface area contributed by atoms with Crippen LogP contribution in [0.3, 0.4) is 0 Å². The maximum Gasteiger partial charge on any atom is 0.321 e. The monoisotopic (exact) mass is 240 g/mol. The van der Waals surface area contributed by atoms with Crippen molar-refractivity contribution in [2.75, 3.05) is 18.9 Å². The maximum atomic E-state index is 12.8. The van der Waals surface area contributed by atoms with Gasteiger partial charge >= 0.3 is 6.03 Å². The van der Waals surface area contributed by atoms with Crippen molar-refractivity contribution in [2.45, 2.75) is 0 Å². The third-order valence-corrected chi connectivity index (χ3v) is 1.95. The molecule has 0 aliphatic rings. The zero-order valence-electron chi connectivity index (χ0n) is 9.22. The molecule has 0 aliphatic carbocycles. The van der Waals surface area contributed by atoms with E-state index in [0.717, 1.165) is 0 Å². The summed E-state index contributed by atoms with van der Waals surface area (Å²) >= 11 is 0. The topological polar surface area (TPSA) is 90.9 Å². The number of halogens is 1. The van der Waals surface area contributed by atoms with Crippen LogP contribution in [0.25, 0.3) is 0 Å². The Balaban J connectivity index is 2.60. The number of carbonyl (C=O) groups is 1. The fraction of sp³-hybridized carbons (Fsp3) is 0.200. The number of hydrogen-bond acceptors (Lipinski definition) is 3. The molecular formula is C10H13FN4O2. The molecule has 0 saturated carbocycles. The van der Waals surface area contributed by atoms with Crippen molar-refractivity contribution in [1.82, 2.24) is 4.90 Å². The molecule has 1 aromatic rings. The standard InChI is InChI=1S/C10H13FN4O2/c1-15(6-9(12)14-17)10(16)13-8-4-2-3-7(11)5-8/h2-5,17H,6H2,1H3,(H2,12,14)(H,13,16). The van der Waals surface area contributed by atoms with Gasteiger partial charge in [0, 0.05) is 12.7 Å².